The van der Waals surface area contributed by atoms with E-state index in [9.17, 15) is 13.2 Å². The summed E-state index contributed by atoms with van der Waals surface area (Å²) in [5.74, 6) is 1.19. The van der Waals surface area contributed by atoms with Crippen LogP contribution in [0.25, 0.3) is 0 Å². The van der Waals surface area contributed by atoms with Crippen LogP contribution in [0.3, 0.4) is 0 Å². The Balaban J connectivity index is 2.49. The highest BCUT2D eigenvalue weighted by Crippen LogP contribution is 2.21. The second-order valence-electron chi connectivity index (χ2n) is 5.15. The van der Waals surface area contributed by atoms with Crippen LogP contribution in [0.15, 0.2) is 4.52 Å². The Morgan fingerprint density at radius 1 is 1.32 bits per heavy atom. The van der Waals surface area contributed by atoms with Crippen molar-refractivity contribution in [3.8, 4) is 0 Å². The van der Waals surface area contributed by atoms with Crippen molar-refractivity contribution < 1.29 is 17.7 Å². The Hall–Kier alpha value is -1.11. The second-order valence-corrected chi connectivity index (χ2v) is 5.15. The van der Waals surface area contributed by atoms with E-state index in [-0.39, 0.29) is 18.2 Å². The summed E-state index contributed by atoms with van der Waals surface area (Å²) in [6, 6.07) is 0. The molecule has 0 amide bonds. The number of alkyl halides is 3. The first-order valence-corrected chi connectivity index (χ1v) is 6.38. The van der Waals surface area contributed by atoms with Gasteiger partial charge >= 0.3 is 6.18 Å². The Kier molecular flexibility index (Phi) is 5.78. The molecule has 1 rings (SSSR count). The van der Waals surface area contributed by atoms with Crippen molar-refractivity contribution in [1.82, 2.24) is 10.1 Å². The fraction of sp³-hybridized carbons (Fsp3) is 0.833. The Bertz CT molecular complexity index is 377. The van der Waals surface area contributed by atoms with Crippen LogP contribution in [-0.4, -0.2) is 22.9 Å². The molecular formula is C12H20F3N3O. The van der Waals surface area contributed by atoms with Gasteiger partial charge in [-0.1, -0.05) is 19.0 Å². The van der Waals surface area contributed by atoms with E-state index in [0.29, 0.717) is 24.8 Å². The van der Waals surface area contributed by atoms with E-state index in [4.69, 9.17) is 10.3 Å². The Labute approximate surface area is 110 Å². The van der Waals surface area contributed by atoms with E-state index in [1.54, 1.807) is 0 Å². The number of nitrogens with two attached hydrogens (primary N) is 1. The average Bonchev–Trinajstić information content (AvgIpc) is 2.72. The van der Waals surface area contributed by atoms with Gasteiger partial charge in [-0.2, -0.15) is 18.2 Å². The lowest BCUT2D eigenvalue weighted by atomic mass is 9.94. The van der Waals surface area contributed by atoms with Crippen LogP contribution in [0.5, 0.6) is 0 Å². The maximum Gasteiger partial charge on any atom is 0.389 e. The summed E-state index contributed by atoms with van der Waals surface area (Å²) in [5, 5.41) is 3.56. The number of hydrogen-bond acceptors (Lipinski definition) is 4. The average molecular weight is 279 g/mol. The fourth-order valence-corrected chi connectivity index (χ4v) is 1.90. The zero-order chi connectivity index (χ0) is 14.5. The predicted octanol–water partition coefficient (Wildman–Crippen LogP) is 2.73. The van der Waals surface area contributed by atoms with E-state index in [1.165, 1.54) is 0 Å². The molecule has 0 unspecified atom stereocenters. The quantitative estimate of drug-likeness (QED) is 0.833. The van der Waals surface area contributed by atoms with Crippen LogP contribution >= 0.6 is 0 Å². The van der Waals surface area contributed by atoms with Gasteiger partial charge in [0.1, 0.15) is 0 Å². The first-order valence-electron chi connectivity index (χ1n) is 6.38. The zero-order valence-electron chi connectivity index (χ0n) is 11.2. The highest BCUT2D eigenvalue weighted by atomic mass is 19.4. The molecular weight excluding hydrogens is 259 g/mol. The third-order valence-electron chi connectivity index (χ3n) is 2.74. The molecule has 0 fully saturated rings. The molecule has 7 heteroatoms. The maximum atomic E-state index is 12.1. The third-order valence-corrected chi connectivity index (χ3v) is 2.74. The van der Waals surface area contributed by atoms with Gasteiger partial charge in [0.15, 0.2) is 5.82 Å². The Morgan fingerprint density at radius 2 is 2.00 bits per heavy atom. The van der Waals surface area contributed by atoms with E-state index in [2.05, 4.69) is 24.0 Å². The van der Waals surface area contributed by atoms with E-state index >= 15 is 0 Å². The van der Waals surface area contributed by atoms with Crippen LogP contribution in [-0.2, 0) is 12.8 Å². The van der Waals surface area contributed by atoms with E-state index < -0.39 is 12.6 Å². The molecule has 0 bridgehead atoms. The molecule has 0 aromatic carbocycles. The fourth-order valence-electron chi connectivity index (χ4n) is 1.90. The molecule has 19 heavy (non-hydrogen) atoms. The van der Waals surface area contributed by atoms with Crippen LogP contribution < -0.4 is 5.73 Å². The minimum Gasteiger partial charge on any atom is -0.339 e. The zero-order valence-corrected chi connectivity index (χ0v) is 11.2. The highest BCUT2D eigenvalue weighted by Gasteiger charge is 2.27. The SMILES string of the molecule is CC(C)C[C@H](CN)Cc1nc(CCC(F)(F)F)no1. The summed E-state index contributed by atoms with van der Waals surface area (Å²) in [7, 11) is 0. The molecule has 0 radical (unpaired) electrons. The van der Waals surface area contributed by atoms with Crippen LogP contribution in [0.4, 0.5) is 13.2 Å². The predicted molar refractivity (Wildman–Crippen MR) is 64.4 cm³/mol. The number of halogens is 3. The van der Waals surface area contributed by atoms with Crippen molar-refractivity contribution in [2.75, 3.05) is 6.54 Å². The summed E-state index contributed by atoms with van der Waals surface area (Å²) >= 11 is 0. The molecule has 110 valence electrons. The van der Waals surface area contributed by atoms with Crippen LogP contribution in [0.2, 0.25) is 0 Å². The molecule has 0 saturated heterocycles. The number of aryl methyl sites for hydroxylation is 1. The molecule has 1 aromatic rings. The van der Waals surface area contributed by atoms with E-state index in [1.807, 2.05) is 0 Å². The first-order chi connectivity index (χ1) is 8.80. The number of nitrogens with zero attached hydrogens (tertiary/aromatic N) is 2. The molecule has 0 saturated carbocycles. The van der Waals surface area contributed by atoms with Crippen molar-refractivity contribution in [3.63, 3.8) is 0 Å². The van der Waals surface area contributed by atoms with Crippen LogP contribution in [0, 0.1) is 11.8 Å². The van der Waals surface area contributed by atoms with Gasteiger partial charge in [-0.15, -0.1) is 0 Å². The van der Waals surface area contributed by atoms with Gasteiger partial charge < -0.3 is 10.3 Å². The smallest absolute Gasteiger partial charge is 0.339 e. The maximum absolute atomic E-state index is 12.1. The molecule has 0 aliphatic rings. The van der Waals surface area contributed by atoms with Gasteiger partial charge in [-0.3, -0.25) is 0 Å². The number of hydrogen-bond donors (Lipinski definition) is 1. The monoisotopic (exact) mass is 279 g/mol. The second kappa shape index (κ2) is 6.88. The summed E-state index contributed by atoms with van der Waals surface area (Å²) < 4.78 is 41.1. The van der Waals surface area contributed by atoms with Crippen molar-refractivity contribution in [3.05, 3.63) is 11.7 Å². The highest BCUT2D eigenvalue weighted by molar-refractivity contribution is 4.89. The molecule has 1 aromatic heterocycles. The third kappa shape index (κ3) is 6.56. The van der Waals surface area contributed by atoms with Gasteiger partial charge in [0.25, 0.3) is 0 Å². The normalized spacial score (nSPS) is 14.1. The minimum atomic E-state index is -4.20. The summed E-state index contributed by atoms with van der Waals surface area (Å²) in [6.07, 6.45) is -3.93. The standard InChI is InChI=1S/C12H20F3N3O/c1-8(2)5-9(7-16)6-11-17-10(18-19-11)3-4-12(13,14)15/h8-9H,3-7,16H2,1-2H3/t9-/m0/s1. The summed E-state index contributed by atoms with van der Waals surface area (Å²) in [4.78, 5) is 3.98. The topological polar surface area (TPSA) is 64.9 Å². The first kappa shape index (κ1) is 15.9. The number of rotatable bonds is 7. The van der Waals surface area contributed by atoms with Crippen molar-refractivity contribution in [2.45, 2.75) is 45.7 Å². The molecule has 2 N–H and O–H groups in total. The summed E-state index contributed by atoms with van der Waals surface area (Å²) in [6.45, 7) is 4.68. The van der Waals surface area contributed by atoms with E-state index in [0.717, 1.165) is 6.42 Å². The van der Waals surface area contributed by atoms with Crippen molar-refractivity contribution in [2.24, 2.45) is 17.6 Å². The van der Waals surface area contributed by atoms with Gasteiger partial charge in [-0.05, 0) is 24.8 Å². The lowest BCUT2D eigenvalue weighted by Gasteiger charge is -2.14. The number of aromatic nitrogens is 2. The Morgan fingerprint density at radius 3 is 2.53 bits per heavy atom. The molecule has 1 atom stereocenters. The van der Waals surface area contributed by atoms with Gasteiger partial charge in [-0.25, -0.2) is 0 Å². The molecule has 0 aliphatic heterocycles. The van der Waals surface area contributed by atoms with Crippen molar-refractivity contribution in [1.29, 1.82) is 0 Å². The van der Waals surface area contributed by atoms with Gasteiger partial charge in [0, 0.05) is 12.8 Å². The molecule has 0 aliphatic carbocycles. The lowest BCUT2D eigenvalue weighted by Crippen LogP contribution is -2.19. The van der Waals surface area contributed by atoms with Crippen LogP contribution in [0.1, 0.15) is 38.4 Å². The molecule has 1 heterocycles. The van der Waals surface area contributed by atoms with Gasteiger partial charge in [0.05, 0.1) is 6.42 Å². The molecule has 0 spiro atoms. The lowest BCUT2D eigenvalue weighted by molar-refractivity contribution is -0.134. The molecule has 4 nitrogen and oxygen atoms in total. The van der Waals surface area contributed by atoms with Crippen molar-refractivity contribution >= 4 is 0 Å². The van der Waals surface area contributed by atoms with Gasteiger partial charge in [0.2, 0.25) is 5.89 Å². The minimum absolute atomic E-state index is 0.104. The summed E-state index contributed by atoms with van der Waals surface area (Å²) in [5.41, 5.74) is 5.65. The largest absolute Gasteiger partial charge is 0.389 e.